The fourth-order valence-electron chi connectivity index (χ4n) is 3.82. The average molecular weight is 337 g/mol. The third-order valence-corrected chi connectivity index (χ3v) is 6.83. The van der Waals surface area contributed by atoms with Gasteiger partial charge in [0.25, 0.3) is 0 Å². The fraction of sp³-hybridized carbons (Fsp3) is 0.667. The molecule has 5 heteroatoms. The predicted octanol–water partition coefficient (Wildman–Crippen LogP) is 3.53. The molecule has 0 bridgehead atoms. The van der Waals surface area contributed by atoms with Gasteiger partial charge in [-0.1, -0.05) is 31.4 Å². The Kier molecular flexibility index (Phi) is 5.09. The van der Waals surface area contributed by atoms with Gasteiger partial charge in [-0.2, -0.15) is 4.31 Å². The second kappa shape index (κ2) is 6.91. The van der Waals surface area contributed by atoms with Crippen molar-refractivity contribution in [3.05, 3.63) is 29.8 Å². The first-order valence-corrected chi connectivity index (χ1v) is 10.2. The Hall–Kier alpha value is -0.910. The zero-order chi connectivity index (χ0) is 16.4. The lowest BCUT2D eigenvalue weighted by Gasteiger charge is -2.34. The van der Waals surface area contributed by atoms with Crippen molar-refractivity contribution in [3.63, 3.8) is 0 Å². The van der Waals surface area contributed by atoms with E-state index in [-0.39, 0.29) is 12.2 Å². The Bertz CT molecular complexity index is 610. The van der Waals surface area contributed by atoms with Crippen molar-refractivity contribution in [3.8, 4) is 0 Å². The first kappa shape index (κ1) is 16.9. The first-order chi connectivity index (χ1) is 11.0. The number of nitrogens with zero attached hydrogens (tertiary/aromatic N) is 1. The average Bonchev–Trinajstić information content (AvgIpc) is 2.55. The van der Waals surface area contributed by atoms with E-state index in [1.54, 1.807) is 16.4 Å². The summed E-state index contributed by atoms with van der Waals surface area (Å²) in [6.07, 6.45) is 6.23. The molecule has 4 nitrogen and oxygen atoms in total. The number of benzene rings is 1. The molecule has 1 saturated carbocycles. The van der Waals surface area contributed by atoms with Gasteiger partial charge in [0.05, 0.1) is 17.1 Å². The van der Waals surface area contributed by atoms with E-state index in [9.17, 15) is 8.42 Å². The third kappa shape index (κ3) is 3.78. The van der Waals surface area contributed by atoms with Crippen LogP contribution in [0.15, 0.2) is 29.2 Å². The normalized spacial score (nSPS) is 27.9. The van der Waals surface area contributed by atoms with E-state index in [0.29, 0.717) is 23.9 Å². The Morgan fingerprint density at radius 2 is 1.52 bits per heavy atom. The van der Waals surface area contributed by atoms with Crippen molar-refractivity contribution in [1.82, 2.24) is 4.31 Å². The van der Waals surface area contributed by atoms with Gasteiger partial charge < -0.3 is 4.74 Å². The Morgan fingerprint density at radius 3 is 2.09 bits per heavy atom. The van der Waals surface area contributed by atoms with Gasteiger partial charge in [0, 0.05) is 13.1 Å². The van der Waals surface area contributed by atoms with Crippen LogP contribution in [0, 0.1) is 0 Å². The summed E-state index contributed by atoms with van der Waals surface area (Å²) in [5.41, 5.74) is 1.28. The first-order valence-electron chi connectivity index (χ1n) is 8.72. The largest absolute Gasteiger partial charge is 0.373 e. The molecule has 2 fully saturated rings. The molecule has 0 amide bonds. The minimum absolute atomic E-state index is 0.0602. The summed E-state index contributed by atoms with van der Waals surface area (Å²) < 4.78 is 32.9. The molecule has 1 aliphatic carbocycles. The van der Waals surface area contributed by atoms with Crippen LogP contribution in [0.5, 0.6) is 0 Å². The monoisotopic (exact) mass is 337 g/mol. The molecule has 1 aliphatic heterocycles. The molecule has 0 spiro atoms. The van der Waals surface area contributed by atoms with Gasteiger partial charge in [0.2, 0.25) is 10.0 Å². The highest BCUT2D eigenvalue weighted by molar-refractivity contribution is 7.89. The van der Waals surface area contributed by atoms with Crippen LogP contribution >= 0.6 is 0 Å². The Morgan fingerprint density at radius 1 is 0.957 bits per heavy atom. The standard InChI is InChI=1S/C18H27NO3S/c1-14-12-19(13-15(2)22-14)23(20,21)18-10-8-17(9-11-18)16-6-4-3-5-7-16/h8-11,14-16H,3-7,12-13H2,1-2H3/t14-,15-/m0/s1. The fourth-order valence-corrected chi connectivity index (χ4v) is 5.41. The molecule has 2 aliphatic rings. The summed E-state index contributed by atoms with van der Waals surface area (Å²) in [5.74, 6) is 0.601. The number of hydrogen-bond donors (Lipinski definition) is 0. The Labute approximate surface area is 139 Å². The van der Waals surface area contributed by atoms with Gasteiger partial charge in [0.15, 0.2) is 0 Å². The topological polar surface area (TPSA) is 46.6 Å². The van der Waals surface area contributed by atoms with Crippen LogP contribution in [0.25, 0.3) is 0 Å². The maximum atomic E-state index is 12.8. The zero-order valence-electron chi connectivity index (χ0n) is 14.1. The Balaban J connectivity index is 1.77. The van der Waals surface area contributed by atoms with Crippen molar-refractivity contribution in [2.75, 3.05) is 13.1 Å². The van der Waals surface area contributed by atoms with E-state index < -0.39 is 10.0 Å². The van der Waals surface area contributed by atoms with Crippen LogP contribution in [0.3, 0.4) is 0 Å². The van der Waals surface area contributed by atoms with Crippen LogP contribution in [0.1, 0.15) is 57.4 Å². The summed E-state index contributed by atoms with van der Waals surface area (Å²) in [6, 6.07) is 7.58. The number of sulfonamides is 1. The maximum absolute atomic E-state index is 12.8. The molecule has 1 aromatic rings. The molecule has 128 valence electrons. The van der Waals surface area contributed by atoms with Crippen LogP contribution < -0.4 is 0 Å². The maximum Gasteiger partial charge on any atom is 0.243 e. The summed E-state index contributed by atoms with van der Waals surface area (Å²) in [4.78, 5) is 0.401. The molecule has 23 heavy (non-hydrogen) atoms. The highest BCUT2D eigenvalue weighted by atomic mass is 32.2. The van der Waals surface area contributed by atoms with E-state index in [1.165, 1.54) is 37.7 Å². The molecule has 1 heterocycles. The lowest BCUT2D eigenvalue weighted by atomic mass is 9.84. The molecule has 0 unspecified atom stereocenters. The summed E-state index contributed by atoms with van der Waals surface area (Å²) in [5, 5.41) is 0. The van der Waals surface area contributed by atoms with Crippen LogP contribution in [0.2, 0.25) is 0 Å². The predicted molar refractivity (Wildman–Crippen MR) is 91.0 cm³/mol. The molecule has 3 rings (SSSR count). The smallest absolute Gasteiger partial charge is 0.243 e. The van der Waals surface area contributed by atoms with Crippen molar-refractivity contribution >= 4 is 10.0 Å². The lowest BCUT2D eigenvalue weighted by molar-refractivity contribution is -0.0440. The van der Waals surface area contributed by atoms with Crippen LogP contribution in [-0.4, -0.2) is 38.0 Å². The van der Waals surface area contributed by atoms with Gasteiger partial charge in [0.1, 0.15) is 0 Å². The van der Waals surface area contributed by atoms with Crippen LogP contribution in [0.4, 0.5) is 0 Å². The molecular formula is C18H27NO3S. The third-order valence-electron chi connectivity index (χ3n) is 4.98. The number of morpholine rings is 1. The van der Waals surface area contributed by atoms with E-state index in [1.807, 2.05) is 26.0 Å². The van der Waals surface area contributed by atoms with Crippen molar-refractivity contribution < 1.29 is 13.2 Å². The summed E-state index contributed by atoms with van der Waals surface area (Å²) in [7, 11) is -3.42. The molecule has 0 radical (unpaired) electrons. The van der Waals surface area contributed by atoms with E-state index in [4.69, 9.17) is 4.74 Å². The number of rotatable bonds is 3. The highest BCUT2D eigenvalue weighted by Gasteiger charge is 2.32. The second-order valence-corrected chi connectivity index (χ2v) is 8.92. The van der Waals surface area contributed by atoms with Gasteiger partial charge in [-0.05, 0) is 50.3 Å². The summed E-state index contributed by atoms with van der Waals surface area (Å²) >= 11 is 0. The van der Waals surface area contributed by atoms with Gasteiger partial charge in [-0.15, -0.1) is 0 Å². The SMILES string of the molecule is C[C@H]1CN(S(=O)(=O)c2ccc(C3CCCCC3)cc2)C[C@H](C)O1. The van der Waals surface area contributed by atoms with Crippen molar-refractivity contribution in [1.29, 1.82) is 0 Å². The number of ether oxygens (including phenoxy) is 1. The molecule has 2 atom stereocenters. The molecular weight excluding hydrogens is 310 g/mol. The van der Waals surface area contributed by atoms with Gasteiger partial charge in [-0.25, -0.2) is 8.42 Å². The van der Waals surface area contributed by atoms with E-state index in [2.05, 4.69) is 0 Å². The second-order valence-electron chi connectivity index (χ2n) is 6.98. The van der Waals surface area contributed by atoms with Gasteiger partial charge >= 0.3 is 0 Å². The zero-order valence-corrected chi connectivity index (χ0v) is 14.9. The van der Waals surface area contributed by atoms with Crippen LogP contribution in [-0.2, 0) is 14.8 Å². The lowest BCUT2D eigenvalue weighted by Crippen LogP contribution is -2.48. The van der Waals surface area contributed by atoms with Gasteiger partial charge in [-0.3, -0.25) is 0 Å². The minimum atomic E-state index is -3.42. The quantitative estimate of drug-likeness (QED) is 0.847. The molecule has 0 N–H and O–H groups in total. The molecule has 1 aromatic carbocycles. The highest BCUT2D eigenvalue weighted by Crippen LogP contribution is 2.33. The summed E-state index contributed by atoms with van der Waals surface area (Å²) in [6.45, 7) is 4.70. The van der Waals surface area contributed by atoms with E-state index in [0.717, 1.165) is 0 Å². The van der Waals surface area contributed by atoms with Crippen molar-refractivity contribution in [2.45, 2.75) is 69.0 Å². The minimum Gasteiger partial charge on any atom is -0.373 e. The molecule has 0 aromatic heterocycles. The van der Waals surface area contributed by atoms with Crippen molar-refractivity contribution in [2.24, 2.45) is 0 Å². The van der Waals surface area contributed by atoms with E-state index >= 15 is 0 Å². The number of hydrogen-bond acceptors (Lipinski definition) is 3. The molecule has 1 saturated heterocycles.